The first kappa shape index (κ1) is 17.9. The summed E-state index contributed by atoms with van der Waals surface area (Å²) in [4.78, 5) is 13.3. The Labute approximate surface area is 167 Å². The average Bonchev–Trinajstić information content (AvgIpc) is 2.92. The number of fused-ring (bicyclic) bond motifs is 1. The summed E-state index contributed by atoms with van der Waals surface area (Å²) in [6.45, 7) is 2.91. The van der Waals surface area contributed by atoms with Crippen LogP contribution in [0, 0.1) is 6.92 Å². The lowest BCUT2D eigenvalue weighted by Crippen LogP contribution is -2.25. The van der Waals surface area contributed by atoms with Crippen LogP contribution in [0.3, 0.4) is 0 Å². The van der Waals surface area contributed by atoms with E-state index in [-0.39, 0.29) is 5.69 Å². The molecule has 0 aliphatic heterocycles. The summed E-state index contributed by atoms with van der Waals surface area (Å²) in [7, 11) is 0. The Morgan fingerprint density at radius 3 is 1.93 bits per heavy atom. The lowest BCUT2D eigenvalue weighted by atomic mass is 10.1. The Kier molecular flexibility index (Phi) is 4.81. The van der Waals surface area contributed by atoms with E-state index < -0.39 is 0 Å². The van der Waals surface area contributed by atoms with Gasteiger partial charge in [-0.1, -0.05) is 65.7 Å². The van der Waals surface area contributed by atoms with Crippen LogP contribution in [0.1, 0.15) is 16.7 Å². The van der Waals surface area contributed by atoms with Gasteiger partial charge in [0.05, 0.1) is 24.1 Å². The maximum absolute atomic E-state index is 13.3. The van der Waals surface area contributed by atoms with Crippen LogP contribution in [0.2, 0.25) is 10.0 Å². The van der Waals surface area contributed by atoms with Crippen LogP contribution in [-0.4, -0.2) is 9.13 Å². The van der Waals surface area contributed by atoms with E-state index in [4.69, 9.17) is 23.2 Å². The van der Waals surface area contributed by atoms with E-state index in [1.54, 1.807) is 22.8 Å². The fraction of sp³-hybridized carbons (Fsp3) is 0.136. The predicted molar refractivity (Wildman–Crippen MR) is 112 cm³/mol. The first-order valence-corrected chi connectivity index (χ1v) is 9.47. The molecule has 0 amide bonds. The van der Waals surface area contributed by atoms with Crippen molar-refractivity contribution in [1.29, 1.82) is 0 Å². The van der Waals surface area contributed by atoms with E-state index in [1.165, 1.54) is 0 Å². The van der Waals surface area contributed by atoms with Crippen LogP contribution < -0.4 is 5.69 Å². The number of halogens is 2. The molecule has 4 rings (SSSR count). The van der Waals surface area contributed by atoms with Crippen LogP contribution in [-0.2, 0) is 13.1 Å². The third-order valence-corrected chi connectivity index (χ3v) is 5.60. The molecule has 5 heteroatoms. The van der Waals surface area contributed by atoms with Crippen LogP contribution >= 0.6 is 23.2 Å². The van der Waals surface area contributed by atoms with Gasteiger partial charge in [-0.3, -0.25) is 9.13 Å². The predicted octanol–water partition coefficient (Wildman–Crippen LogP) is 5.51. The molecule has 136 valence electrons. The van der Waals surface area contributed by atoms with E-state index in [0.717, 1.165) is 27.7 Å². The van der Waals surface area contributed by atoms with Gasteiger partial charge in [0, 0.05) is 15.6 Å². The summed E-state index contributed by atoms with van der Waals surface area (Å²) in [6.07, 6.45) is 0. The number of aryl methyl sites for hydroxylation is 1. The monoisotopic (exact) mass is 396 g/mol. The Bertz CT molecular complexity index is 1170. The molecule has 1 aromatic heterocycles. The quantitative estimate of drug-likeness (QED) is 0.446. The number of benzene rings is 3. The second-order valence-electron chi connectivity index (χ2n) is 6.57. The molecule has 0 spiro atoms. The number of imidazole rings is 1. The van der Waals surface area contributed by atoms with Gasteiger partial charge < -0.3 is 0 Å². The largest absolute Gasteiger partial charge is 0.329 e. The highest BCUT2D eigenvalue weighted by Crippen LogP contribution is 2.26. The minimum Gasteiger partial charge on any atom is -0.287 e. The summed E-state index contributed by atoms with van der Waals surface area (Å²) >= 11 is 12.7. The molecule has 0 saturated heterocycles. The standard InChI is InChI=1S/C22H18Cl2N2O/c1-15-7-2-3-8-16(15)13-25-20-11-4-5-12-21(20)26(22(25)27)14-17-18(23)9-6-10-19(17)24/h2-12H,13-14H2,1H3. The van der Waals surface area contributed by atoms with Gasteiger partial charge in [-0.25, -0.2) is 4.79 Å². The topological polar surface area (TPSA) is 26.9 Å². The van der Waals surface area contributed by atoms with Gasteiger partial charge in [-0.15, -0.1) is 0 Å². The second kappa shape index (κ2) is 7.26. The summed E-state index contributed by atoms with van der Waals surface area (Å²) in [6, 6.07) is 21.3. The zero-order chi connectivity index (χ0) is 19.0. The fourth-order valence-corrected chi connectivity index (χ4v) is 3.89. The number of rotatable bonds is 4. The van der Waals surface area contributed by atoms with Crippen LogP contribution in [0.25, 0.3) is 11.0 Å². The van der Waals surface area contributed by atoms with Gasteiger partial charge in [-0.2, -0.15) is 0 Å². The molecular formula is C22H18Cl2N2O. The molecule has 3 nitrogen and oxygen atoms in total. The van der Waals surface area contributed by atoms with E-state index in [9.17, 15) is 4.79 Å². The SMILES string of the molecule is Cc1ccccc1Cn1c(=O)n(Cc2c(Cl)cccc2Cl)c2ccccc21. The summed E-state index contributed by atoms with van der Waals surface area (Å²) in [5.41, 5.74) is 4.73. The van der Waals surface area contributed by atoms with Gasteiger partial charge in [0.15, 0.2) is 0 Å². The maximum atomic E-state index is 13.3. The summed E-state index contributed by atoms with van der Waals surface area (Å²) in [5, 5.41) is 1.12. The van der Waals surface area contributed by atoms with Crippen molar-refractivity contribution in [2.75, 3.05) is 0 Å². The van der Waals surface area contributed by atoms with E-state index >= 15 is 0 Å². The first-order chi connectivity index (χ1) is 13.1. The smallest absolute Gasteiger partial charge is 0.287 e. The van der Waals surface area contributed by atoms with E-state index in [1.807, 2.05) is 41.0 Å². The van der Waals surface area contributed by atoms with Gasteiger partial charge >= 0.3 is 5.69 Å². The van der Waals surface area contributed by atoms with Crippen LogP contribution in [0.4, 0.5) is 0 Å². The minimum atomic E-state index is -0.0737. The molecule has 0 unspecified atom stereocenters. The van der Waals surface area contributed by atoms with Gasteiger partial charge in [0.1, 0.15) is 0 Å². The second-order valence-corrected chi connectivity index (χ2v) is 7.38. The van der Waals surface area contributed by atoms with Crippen molar-refractivity contribution in [3.8, 4) is 0 Å². The molecule has 0 saturated carbocycles. The zero-order valence-corrected chi connectivity index (χ0v) is 16.3. The highest BCUT2D eigenvalue weighted by molar-refractivity contribution is 6.36. The molecule has 0 fully saturated rings. The number of aromatic nitrogens is 2. The fourth-order valence-electron chi connectivity index (χ4n) is 3.38. The van der Waals surface area contributed by atoms with Crippen molar-refractivity contribution in [3.63, 3.8) is 0 Å². The third-order valence-electron chi connectivity index (χ3n) is 4.89. The number of para-hydroxylation sites is 2. The zero-order valence-electron chi connectivity index (χ0n) is 14.8. The van der Waals surface area contributed by atoms with Crippen LogP contribution in [0.5, 0.6) is 0 Å². The third kappa shape index (κ3) is 3.29. The number of nitrogens with zero attached hydrogens (tertiary/aromatic N) is 2. The van der Waals surface area contributed by atoms with Crippen molar-refractivity contribution in [3.05, 3.63) is 104 Å². The minimum absolute atomic E-state index is 0.0737. The molecule has 4 aromatic rings. The molecule has 0 aliphatic carbocycles. The van der Waals surface area contributed by atoms with Crippen molar-refractivity contribution >= 4 is 34.2 Å². The molecule has 0 aliphatic rings. The molecule has 1 heterocycles. The van der Waals surface area contributed by atoms with E-state index in [0.29, 0.717) is 23.1 Å². The van der Waals surface area contributed by atoms with Crippen molar-refractivity contribution in [1.82, 2.24) is 9.13 Å². The van der Waals surface area contributed by atoms with E-state index in [2.05, 4.69) is 19.1 Å². The maximum Gasteiger partial charge on any atom is 0.329 e. The Morgan fingerprint density at radius 2 is 1.30 bits per heavy atom. The molecule has 0 radical (unpaired) electrons. The molecular weight excluding hydrogens is 379 g/mol. The molecule has 27 heavy (non-hydrogen) atoms. The van der Waals surface area contributed by atoms with Gasteiger partial charge in [-0.05, 0) is 42.3 Å². The highest BCUT2D eigenvalue weighted by Gasteiger charge is 2.16. The number of hydrogen-bond donors (Lipinski definition) is 0. The molecule has 3 aromatic carbocycles. The normalized spacial score (nSPS) is 11.2. The Hall–Kier alpha value is -2.49. The van der Waals surface area contributed by atoms with Crippen molar-refractivity contribution in [2.45, 2.75) is 20.0 Å². The molecule has 0 atom stereocenters. The lowest BCUT2D eigenvalue weighted by molar-refractivity contribution is 0.699. The van der Waals surface area contributed by atoms with Crippen LogP contribution in [0.15, 0.2) is 71.5 Å². The molecule has 0 N–H and O–H groups in total. The summed E-state index contributed by atoms with van der Waals surface area (Å²) in [5.74, 6) is 0. The Morgan fingerprint density at radius 1 is 0.741 bits per heavy atom. The van der Waals surface area contributed by atoms with Crippen molar-refractivity contribution < 1.29 is 0 Å². The lowest BCUT2D eigenvalue weighted by Gasteiger charge is -2.08. The number of hydrogen-bond acceptors (Lipinski definition) is 1. The van der Waals surface area contributed by atoms with Crippen molar-refractivity contribution in [2.24, 2.45) is 0 Å². The first-order valence-electron chi connectivity index (χ1n) is 8.71. The van der Waals surface area contributed by atoms with Gasteiger partial charge in [0.25, 0.3) is 0 Å². The average molecular weight is 397 g/mol. The molecule has 0 bridgehead atoms. The van der Waals surface area contributed by atoms with Gasteiger partial charge in [0.2, 0.25) is 0 Å². The highest BCUT2D eigenvalue weighted by atomic mass is 35.5. The summed E-state index contributed by atoms with van der Waals surface area (Å²) < 4.78 is 3.54. The Balaban J connectivity index is 1.87.